The number of hydrogen-bond donors (Lipinski definition) is 1. The van der Waals surface area contributed by atoms with Gasteiger partial charge >= 0.3 is 0 Å². The molecule has 1 aromatic heterocycles. The number of carbonyl (C=O) groups excluding carboxylic acids is 1. The van der Waals surface area contributed by atoms with Crippen molar-refractivity contribution in [3.8, 4) is 5.75 Å². The number of amides is 1. The zero-order valence-electron chi connectivity index (χ0n) is 18.6. The maximum Gasteiger partial charge on any atom is 0.244 e. The molecule has 0 bridgehead atoms. The number of nitrogens with one attached hydrogen (secondary N) is 1. The molecule has 0 spiro atoms. The maximum atomic E-state index is 12.3. The molecule has 1 N–H and O–H groups in total. The molecule has 2 heterocycles. The molecule has 31 heavy (non-hydrogen) atoms. The van der Waals surface area contributed by atoms with Crippen LogP contribution in [0.15, 0.2) is 41.5 Å². The van der Waals surface area contributed by atoms with Gasteiger partial charge in [-0.3, -0.25) is 9.79 Å². The van der Waals surface area contributed by atoms with E-state index in [0.29, 0.717) is 6.54 Å². The van der Waals surface area contributed by atoms with Crippen LogP contribution in [0.5, 0.6) is 5.75 Å². The van der Waals surface area contributed by atoms with Gasteiger partial charge in [0.25, 0.3) is 0 Å². The third kappa shape index (κ3) is 6.96. The number of aliphatic imine (C=N–C) groups is 1. The van der Waals surface area contributed by atoms with Crippen LogP contribution in [0.1, 0.15) is 49.5 Å². The van der Waals surface area contributed by atoms with Crippen molar-refractivity contribution >= 4 is 39.6 Å². The number of hydrogen-bond acceptors (Lipinski definition) is 5. The lowest BCUT2D eigenvalue weighted by molar-refractivity contribution is -0.116. The first-order valence-electron chi connectivity index (χ1n) is 11.2. The number of ether oxygens (including phenoxy) is 1. The van der Waals surface area contributed by atoms with Gasteiger partial charge in [-0.25, -0.2) is 0 Å². The number of rotatable bonds is 12. The maximum absolute atomic E-state index is 12.3. The molecule has 1 aliphatic heterocycles. The van der Waals surface area contributed by atoms with Gasteiger partial charge in [-0.05, 0) is 67.0 Å². The highest BCUT2D eigenvalue weighted by Gasteiger charge is 2.11. The lowest BCUT2D eigenvalue weighted by Crippen LogP contribution is -2.24. The fourth-order valence-corrected chi connectivity index (χ4v) is 4.83. The summed E-state index contributed by atoms with van der Waals surface area (Å²) >= 11 is 1.73. The van der Waals surface area contributed by atoms with E-state index in [1.54, 1.807) is 24.5 Å². The highest BCUT2D eigenvalue weighted by molar-refractivity contribution is 7.20. The summed E-state index contributed by atoms with van der Waals surface area (Å²) in [7, 11) is 1.69. The molecule has 1 amide bonds. The van der Waals surface area contributed by atoms with Crippen molar-refractivity contribution in [3.05, 3.63) is 47.0 Å². The van der Waals surface area contributed by atoms with Crippen LogP contribution in [0, 0.1) is 0 Å². The second-order valence-corrected chi connectivity index (χ2v) is 8.81. The number of allylic oxidation sites excluding steroid dienone is 1. The molecule has 166 valence electrons. The molecule has 1 aliphatic rings. The van der Waals surface area contributed by atoms with Gasteiger partial charge in [0, 0.05) is 41.2 Å². The average molecular weight is 440 g/mol. The molecule has 1 aromatic carbocycles. The predicted molar refractivity (Wildman–Crippen MR) is 132 cm³/mol. The van der Waals surface area contributed by atoms with Crippen LogP contribution in [0.25, 0.3) is 16.2 Å². The first kappa shape index (κ1) is 23.1. The molecule has 0 radical (unpaired) electrons. The van der Waals surface area contributed by atoms with E-state index in [1.807, 2.05) is 24.4 Å². The minimum Gasteiger partial charge on any atom is -0.497 e. The van der Waals surface area contributed by atoms with Crippen molar-refractivity contribution in [2.24, 2.45) is 4.99 Å². The average Bonchev–Trinajstić information content (AvgIpc) is 3.15. The molecular weight excluding hydrogens is 406 g/mol. The molecule has 2 aromatic rings. The van der Waals surface area contributed by atoms with Crippen LogP contribution >= 0.6 is 11.3 Å². The molecule has 0 saturated carbocycles. The topological polar surface area (TPSA) is 53.9 Å². The minimum absolute atomic E-state index is 0.0305. The molecule has 5 nitrogen and oxygen atoms in total. The van der Waals surface area contributed by atoms with E-state index in [0.717, 1.165) is 38.2 Å². The van der Waals surface area contributed by atoms with E-state index in [-0.39, 0.29) is 5.91 Å². The van der Waals surface area contributed by atoms with E-state index >= 15 is 0 Å². The Labute approximate surface area is 189 Å². The van der Waals surface area contributed by atoms with Crippen LogP contribution in [0.4, 0.5) is 0 Å². The van der Waals surface area contributed by atoms with Gasteiger partial charge in [-0.15, -0.1) is 11.3 Å². The number of fused-ring (bicyclic) bond motifs is 1. The van der Waals surface area contributed by atoms with Gasteiger partial charge in [0.2, 0.25) is 5.91 Å². The van der Waals surface area contributed by atoms with E-state index in [9.17, 15) is 4.79 Å². The van der Waals surface area contributed by atoms with E-state index < -0.39 is 0 Å². The second kappa shape index (κ2) is 12.3. The van der Waals surface area contributed by atoms with Crippen molar-refractivity contribution in [2.75, 3.05) is 26.9 Å². The van der Waals surface area contributed by atoms with Gasteiger partial charge in [0.1, 0.15) is 12.4 Å². The van der Waals surface area contributed by atoms with E-state index in [1.165, 1.54) is 39.8 Å². The third-order valence-corrected chi connectivity index (χ3v) is 6.53. The molecule has 3 rings (SSSR count). The van der Waals surface area contributed by atoms with Gasteiger partial charge in [0.15, 0.2) is 0 Å². The fraction of sp³-hybridized carbons (Fsp3) is 0.440. The number of aryl methyl sites for hydroxylation is 1. The number of nitrogens with zero attached hydrogens (tertiary/aromatic N) is 2. The highest BCUT2D eigenvalue weighted by Crippen LogP contribution is 2.35. The Balaban J connectivity index is 1.54. The van der Waals surface area contributed by atoms with Gasteiger partial charge in [-0.1, -0.05) is 19.8 Å². The smallest absolute Gasteiger partial charge is 0.244 e. The van der Waals surface area contributed by atoms with Gasteiger partial charge in [-0.2, -0.15) is 0 Å². The lowest BCUT2D eigenvalue weighted by Gasteiger charge is -2.19. The predicted octanol–water partition coefficient (Wildman–Crippen LogP) is 5.41. The van der Waals surface area contributed by atoms with Crippen LogP contribution in [-0.2, 0) is 11.2 Å². The van der Waals surface area contributed by atoms with Crippen LogP contribution in [0.3, 0.4) is 0 Å². The summed E-state index contributed by atoms with van der Waals surface area (Å²) < 4.78 is 6.59. The second-order valence-electron chi connectivity index (χ2n) is 7.72. The summed E-state index contributed by atoms with van der Waals surface area (Å²) in [6, 6.07) is 6.25. The zero-order chi connectivity index (χ0) is 21.9. The van der Waals surface area contributed by atoms with Crippen molar-refractivity contribution in [2.45, 2.75) is 45.4 Å². The SMILES string of the molecule is CCCCCc1c(/C=C/C(=O)NCCCCN2C=CC=NC2)sc2cc(OC)ccc12. The third-order valence-electron chi connectivity index (χ3n) is 5.37. The number of methoxy groups -OCH3 is 1. The normalized spacial score (nSPS) is 13.4. The van der Waals surface area contributed by atoms with Gasteiger partial charge < -0.3 is 15.0 Å². The minimum atomic E-state index is -0.0305. The molecule has 0 saturated heterocycles. The summed E-state index contributed by atoms with van der Waals surface area (Å²) in [5.41, 5.74) is 1.34. The van der Waals surface area contributed by atoms with Crippen LogP contribution < -0.4 is 10.1 Å². The lowest BCUT2D eigenvalue weighted by atomic mass is 10.0. The zero-order valence-corrected chi connectivity index (χ0v) is 19.4. The Kier molecular flexibility index (Phi) is 9.16. The van der Waals surface area contributed by atoms with Crippen molar-refractivity contribution in [1.82, 2.24) is 10.2 Å². The highest BCUT2D eigenvalue weighted by atomic mass is 32.1. The standard InChI is InChI=1S/C25H33N3O2S/c1-3-4-5-9-21-22-11-10-20(30-2)18-24(22)31-23(21)12-13-25(29)27-15-6-7-16-28-17-8-14-26-19-28/h8,10-14,17-18H,3-7,9,15-16,19H2,1-2H3,(H,27,29)/b13-12+. The molecule has 0 unspecified atom stereocenters. The van der Waals surface area contributed by atoms with Crippen molar-refractivity contribution in [1.29, 1.82) is 0 Å². The van der Waals surface area contributed by atoms with Crippen LogP contribution in [0.2, 0.25) is 0 Å². The number of unbranched alkanes of at least 4 members (excludes halogenated alkanes) is 3. The summed E-state index contributed by atoms with van der Waals surface area (Å²) in [4.78, 5) is 19.9. The Morgan fingerprint density at radius 3 is 2.97 bits per heavy atom. The van der Waals surface area contributed by atoms with E-state index in [4.69, 9.17) is 4.74 Å². The first-order chi connectivity index (χ1) is 15.2. The Morgan fingerprint density at radius 1 is 1.29 bits per heavy atom. The quantitative estimate of drug-likeness (QED) is 0.355. The van der Waals surface area contributed by atoms with Crippen LogP contribution in [-0.4, -0.2) is 43.9 Å². The Morgan fingerprint density at radius 2 is 2.19 bits per heavy atom. The largest absolute Gasteiger partial charge is 0.497 e. The Hall–Kier alpha value is -2.60. The monoisotopic (exact) mass is 439 g/mol. The summed E-state index contributed by atoms with van der Waals surface area (Å²) in [5, 5.41) is 4.28. The van der Waals surface area contributed by atoms with E-state index in [2.05, 4.69) is 40.5 Å². The van der Waals surface area contributed by atoms with Crippen molar-refractivity contribution < 1.29 is 9.53 Å². The number of thiophene rings is 1. The molecule has 0 atom stereocenters. The molecular formula is C25H33N3O2S. The molecule has 0 aliphatic carbocycles. The first-order valence-corrected chi connectivity index (χ1v) is 12.0. The molecule has 0 fully saturated rings. The summed E-state index contributed by atoms with van der Waals surface area (Å²) in [6.45, 7) is 4.61. The molecule has 6 heteroatoms. The fourth-order valence-electron chi connectivity index (χ4n) is 3.65. The van der Waals surface area contributed by atoms with Gasteiger partial charge in [0.05, 0.1) is 7.11 Å². The van der Waals surface area contributed by atoms with Crippen molar-refractivity contribution in [3.63, 3.8) is 0 Å². The summed E-state index contributed by atoms with van der Waals surface area (Å²) in [6.07, 6.45) is 16.1. The number of carbonyl (C=O) groups is 1. The number of benzene rings is 1. The summed E-state index contributed by atoms with van der Waals surface area (Å²) in [5.74, 6) is 0.839. The Bertz CT molecular complexity index is 946.